The van der Waals surface area contributed by atoms with Crippen LogP contribution in [0, 0.1) is 5.92 Å². The third-order valence-corrected chi connectivity index (χ3v) is 5.81. The van der Waals surface area contributed by atoms with Crippen molar-refractivity contribution in [3.05, 3.63) is 90.0 Å². The summed E-state index contributed by atoms with van der Waals surface area (Å²) in [6, 6.07) is 25.8. The molecule has 4 rings (SSSR count). The Hall–Kier alpha value is -2.87. The van der Waals surface area contributed by atoms with Gasteiger partial charge in [-0.1, -0.05) is 74.4 Å². The highest BCUT2D eigenvalue weighted by atomic mass is 16.5. The Balaban J connectivity index is 1.39. The molecule has 1 saturated carbocycles. The fraction of sp³-hybridized carbons (Fsp3) is 0.269. The summed E-state index contributed by atoms with van der Waals surface area (Å²) in [5.74, 6) is 1.73. The van der Waals surface area contributed by atoms with Gasteiger partial charge in [-0.25, -0.2) is 4.79 Å². The molecule has 1 aliphatic rings. The molecule has 2 nitrogen and oxygen atoms in total. The van der Waals surface area contributed by atoms with Crippen molar-refractivity contribution in [1.29, 1.82) is 0 Å². The van der Waals surface area contributed by atoms with Gasteiger partial charge in [0.25, 0.3) is 0 Å². The Labute approximate surface area is 167 Å². The summed E-state index contributed by atoms with van der Waals surface area (Å²) in [5, 5.41) is 0. The molecule has 0 bridgehead atoms. The Morgan fingerprint density at radius 1 is 0.750 bits per heavy atom. The summed E-state index contributed by atoms with van der Waals surface area (Å²) in [4.78, 5) is 12.5. The molecule has 28 heavy (non-hydrogen) atoms. The van der Waals surface area contributed by atoms with Gasteiger partial charge in [0.1, 0.15) is 5.75 Å². The molecular weight excluding hydrogens is 344 g/mol. The van der Waals surface area contributed by atoms with E-state index in [0.29, 0.717) is 17.2 Å². The number of hydrogen-bond acceptors (Lipinski definition) is 2. The molecule has 0 N–H and O–H groups in total. The minimum absolute atomic E-state index is 0.309. The number of carbonyl (C=O) groups is 1. The summed E-state index contributed by atoms with van der Waals surface area (Å²) in [6.07, 6.45) is 5.10. The van der Waals surface area contributed by atoms with E-state index in [0.717, 1.165) is 17.0 Å². The van der Waals surface area contributed by atoms with Crippen molar-refractivity contribution in [3.63, 3.8) is 0 Å². The maximum atomic E-state index is 12.5. The Morgan fingerprint density at radius 2 is 1.36 bits per heavy atom. The standard InChI is InChI=1S/C26H26O2/c1-19-7-9-21(10-8-19)22-11-13-24(14-12-22)26(27)28-25-17-15-23(16-18-25)20-5-3-2-4-6-20/h2-6,11-19,21H,7-10H2,1H3. The van der Waals surface area contributed by atoms with Crippen molar-refractivity contribution in [2.75, 3.05) is 0 Å². The lowest BCUT2D eigenvalue weighted by molar-refractivity contribution is 0.0734. The van der Waals surface area contributed by atoms with Crippen LogP contribution in [0.5, 0.6) is 5.75 Å². The first kappa shape index (κ1) is 18.5. The van der Waals surface area contributed by atoms with E-state index >= 15 is 0 Å². The van der Waals surface area contributed by atoms with E-state index in [9.17, 15) is 4.79 Å². The number of rotatable bonds is 4. The van der Waals surface area contributed by atoms with Gasteiger partial charge in [0.2, 0.25) is 0 Å². The third kappa shape index (κ3) is 4.33. The Kier molecular flexibility index (Phi) is 5.57. The van der Waals surface area contributed by atoms with Crippen LogP contribution < -0.4 is 4.74 Å². The highest BCUT2D eigenvalue weighted by Crippen LogP contribution is 2.35. The lowest BCUT2D eigenvalue weighted by atomic mass is 9.79. The van der Waals surface area contributed by atoms with Gasteiger partial charge in [-0.05, 0) is 65.6 Å². The van der Waals surface area contributed by atoms with E-state index < -0.39 is 0 Å². The molecule has 0 unspecified atom stereocenters. The van der Waals surface area contributed by atoms with Crippen molar-refractivity contribution >= 4 is 5.97 Å². The lowest BCUT2D eigenvalue weighted by Gasteiger charge is -2.26. The summed E-state index contributed by atoms with van der Waals surface area (Å²) >= 11 is 0. The van der Waals surface area contributed by atoms with Gasteiger partial charge < -0.3 is 4.74 Å². The monoisotopic (exact) mass is 370 g/mol. The molecule has 0 heterocycles. The van der Waals surface area contributed by atoms with Gasteiger partial charge in [0, 0.05) is 0 Å². The van der Waals surface area contributed by atoms with E-state index in [1.165, 1.54) is 31.2 Å². The molecule has 0 aliphatic heterocycles. The van der Waals surface area contributed by atoms with E-state index in [1.807, 2.05) is 54.6 Å². The van der Waals surface area contributed by atoms with Crippen LogP contribution in [0.15, 0.2) is 78.9 Å². The number of benzene rings is 3. The van der Waals surface area contributed by atoms with Gasteiger partial charge >= 0.3 is 5.97 Å². The fourth-order valence-electron chi connectivity index (χ4n) is 4.00. The molecule has 0 radical (unpaired) electrons. The maximum absolute atomic E-state index is 12.5. The molecule has 1 fully saturated rings. The molecule has 0 atom stereocenters. The molecule has 1 aliphatic carbocycles. The highest BCUT2D eigenvalue weighted by molar-refractivity contribution is 5.91. The smallest absolute Gasteiger partial charge is 0.343 e. The first-order valence-corrected chi connectivity index (χ1v) is 10.2. The number of esters is 1. The Bertz CT molecular complexity index is 903. The summed E-state index contributed by atoms with van der Waals surface area (Å²) in [6.45, 7) is 2.34. The normalized spacial score (nSPS) is 19.2. The predicted molar refractivity (Wildman–Crippen MR) is 114 cm³/mol. The van der Waals surface area contributed by atoms with Crippen molar-refractivity contribution in [2.24, 2.45) is 5.92 Å². The van der Waals surface area contributed by atoms with Gasteiger partial charge in [-0.3, -0.25) is 0 Å². The minimum Gasteiger partial charge on any atom is -0.423 e. The van der Waals surface area contributed by atoms with Gasteiger partial charge in [-0.15, -0.1) is 0 Å². The summed E-state index contributed by atoms with van der Waals surface area (Å²) in [5.41, 5.74) is 4.19. The van der Waals surface area contributed by atoms with Crippen LogP contribution in [-0.2, 0) is 0 Å². The lowest BCUT2D eigenvalue weighted by Crippen LogP contribution is -2.12. The molecule has 0 saturated heterocycles. The number of ether oxygens (including phenoxy) is 1. The second-order valence-electron chi connectivity index (χ2n) is 7.86. The van der Waals surface area contributed by atoms with Crippen LogP contribution in [0.4, 0.5) is 0 Å². The topological polar surface area (TPSA) is 26.3 Å². The highest BCUT2D eigenvalue weighted by Gasteiger charge is 2.20. The number of hydrogen-bond donors (Lipinski definition) is 0. The van der Waals surface area contributed by atoms with Crippen molar-refractivity contribution in [1.82, 2.24) is 0 Å². The molecule has 3 aromatic carbocycles. The fourth-order valence-corrected chi connectivity index (χ4v) is 4.00. The van der Waals surface area contributed by atoms with E-state index in [-0.39, 0.29) is 5.97 Å². The van der Waals surface area contributed by atoms with Crippen LogP contribution in [0.1, 0.15) is 54.4 Å². The average Bonchev–Trinajstić information content (AvgIpc) is 2.75. The molecule has 0 spiro atoms. The quantitative estimate of drug-likeness (QED) is 0.370. The van der Waals surface area contributed by atoms with Crippen LogP contribution in [0.3, 0.4) is 0 Å². The molecule has 0 amide bonds. The third-order valence-electron chi connectivity index (χ3n) is 5.81. The van der Waals surface area contributed by atoms with Gasteiger partial charge in [-0.2, -0.15) is 0 Å². The first-order chi connectivity index (χ1) is 13.7. The molecular formula is C26H26O2. The van der Waals surface area contributed by atoms with Crippen LogP contribution in [0.2, 0.25) is 0 Å². The zero-order valence-corrected chi connectivity index (χ0v) is 16.3. The van der Waals surface area contributed by atoms with E-state index in [1.54, 1.807) is 0 Å². The second-order valence-corrected chi connectivity index (χ2v) is 7.86. The van der Waals surface area contributed by atoms with E-state index in [2.05, 4.69) is 31.2 Å². The molecule has 3 aromatic rings. The average molecular weight is 370 g/mol. The van der Waals surface area contributed by atoms with Gasteiger partial charge in [0.15, 0.2) is 0 Å². The molecule has 2 heteroatoms. The van der Waals surface area contributed by atoms with Crippen molar-refractivity contribution in [3.8, 4) is 16.9 Å². The molecule has 0 aromatic heterocycles. The largest absolute Gasteiger partial charge is 0.423 e. The summed E-state index contributed by atoms with van der Waals surface area (Å²) in [7, 11) is 0. The van der Waals surface area contributed by atoms with Crippen LogP contribution in [0.25, 0.3) is 11.1 Å². The Morgan fingerprint density at radius 3 is 2.00 bits per heavy atom. The van der Waals surface area contributed by atoms with Crippen molar-refractivity contribution in [2.45, 2.75) is 38.5 Å². The second kappa shape index (κ2) is 8.43. The number of carbonyl (C=O) groups excluding carboxylic acids is 1. The zero-order valence-electron chi connectivity index (χ0n) is 16.3. The minimum atomic E-state index is -0.309. The van der Waals surface area contributed by atoms with E-state index in [4.69, 9.17) is 4.74 Å². The van der Waals surface area contributed by atoms with Crippen molar-refractivity contribution < 1.29 is 9.53 Å². The van der Waals surface area contributed by atoms with Crippen LogP contribution >= 0.6 is 0 Å². The maximum Gasteiger partial charge on any atom is 0.343 e. The zero-order chi connectivity index (χ0) is 19.3. The van der Waals surface area contributed by atoms with Crippen LogP contribution in [-0.4, -0.2) is 5.97 Å². The summed E-state index contributed by atoms with van der Waals surface area (Å²) < 4.78 is 5.55. The SMILES string of the molecule is CC1CCC(c2ccc(C(=O)Oc3ccc(-c4ccccc4)cc3)cc2)CC1. The van der Waals surface area contributed by atoms with Gasteiger partial charge in [0.05, 0.1) is 5.56 Å². The predicted octanol–water partition coefficient (Wildman–Crippen LogP) is 6.87. The molecule has 142 valence electrons. The first-order valence-electron chi connectivity index (χ1n) is 10.2.